The van der Waals surface area contributed by atoms with E-state index >= 15 is 0 Å². The van der Waals surface area contributed by atoms with Gasteiger partial charge in [-0.2, -0.15) is 0 Å². The van der Waals surface area contributed by atoms with Crippen molar-refractivity contribution in [3.8, 4) is 5.69 Å². The van der Waals surface area contributed by atoms with E-state index in [9.17, 15) is 4.79 Å². The zero-order valence-corrected chi connectivity index (χ0v) is 19.0. The zero-order valence-electron chi connectivity index (χ0n) is 18.2. The Morgan fingerprint density at radius 1 is 0.938 bits per heavy atom. The van der Waals surface area contributed by atoms with Crippen LogP contribution < -0.4 is 5.32 Å². The Balaban J connectivity index is 1.61. The van der Waals surface area contributed by atoms with Gasteiger partial charge in [0.1, 0.15) is 0 Å². The largest absolute Gasteiger partial charge is 0.322 e. The molecule has 2 heterocycles. The van der Waals surface area contributed by atoms with Gasteiger partial charge < -0.3 is 14.8 Å². The average molecular weight is 440 g/mol. The Morgan fingerprint density at radius 3 is 2.44 bits per heavy atom. The molecular weight excluding hydrogens is 414 g/mol. The third-order valence-corrected chi connectivity index (χ3v) is 6.70. The molecule has 1 aromatic heterocycles. The molecule has 160 valence electrons. The van der Waals surface area contributed by atoms with Gasteiger partial charge in [-0.05, 0) is 66.8 Å². The molecule has 0 fully saturated rings. The van der Waals surface area contributed by atoms with Gasteiger partial charge in [0.25, 0.3) is 0 Å². The summed E-state index contributed by atoms with van der Waals surface area (Å²) in [6.45, 7) is 2.56. The van der Waals surface area contributed by atoms with E-state index in [1.54, 1.807) is 11.8 Å². The predicted molar refractivity (Wildman–Crippen MR) is 132 cm³/mol. The average Bonchev–Trinajstić information content (AvgIpc) is 3.25. The highest BCUT2D eigenvalue weighted by Gasteiger charge is 2.33. The number of amides is 2. The smallest absolute Gasteiger partial charge is 0.318 e. The summed E-state index contributed by atoms with van der Waals surface area (Å²) in [5.41, 5.74) is 6.36. The fourth-order valence-electron chi connectivity index (χ4n) is 4.31. The number of nitrogens with zero attached hydrogens (tertiary/aromatic N) is 2. The summed E-state index contributed by atoms with van der Waals surface area (Å²) >= 11 is 1.72. The molecule has 0 aliphatic carbocycles. The SMILES string of the molecule is CSc1ccc([C@@H]2c3cccn3-c3ccccc3CN2C(=O)Nc2ccc(C)cc2)cc1. The van der Waals surface area contributed by atoms with Gasteiger partial charge in [-0.15, -0.1) is 11.8 Å². The van der Waals surface area contributed by atoms with Gasteiger partial charge >= 0.3 is 6.03 Å². The van der Waals surface area contributed by atoms with Crippen molar-refractivity contribution in [1.82, 2.24) is 9.47 Å². The zero-order chi connectivity index (χ0) is 22.1. The molecule has 4 aromatic rings. The molecule has 1 N–H and O–H groups in total. The molecule has 2 amide bonds. The van der Waals surface area contributed by atoms with E-state index in [0.717, 1.165) is 33.8 Å². The fraction of sp³-hybridized carbons (Fsp3) is 0.148. The van der Waals surface area contributed by atoms with Gasteiger partial charge in [-0.3, -0.25) is 0 Å². The number of aromatic nitrogens is 1. The number of benzene rings is 3. The van der Waals surface area contributed by atoms with Gasteiger partial charge in [-0.25, -0.2) is 4.79 Å². The summed E-state index contributed by atoms with van der Waals surface area (Å²) in [6, 6.07) is 28.6. The number of urea groups is 1. The first-order chi connectivity index (χ1) is 15.6. The van der Waals surface area contributed by atoms with Crippen LogP contribution in [-0.2, 0) is 6.54 Å². The minimum absolute atomic E-state index is 0.114. The second kappa shape index (κ2) is 8.60. The molecule has 4 nitrogen and oxygen atoms in total. The van der Waals surface area contributed by atoms with Crippen molar-refractivity contribution in [1.29, 1.82) is 0 Å². The Kier molecular flexibility index (Phi) is 5.50. The third kappa shape index (κ3) is 3.80. The molecule has 1 aliphatic rings. The highest BCUT2D eigenvalue weighted by molar-refractivity contribution is 7.98. The lowest BCUT2D eigenvalue weighted by molar-refractivity contribution is 0.194. The maximum atomic E-state index is 13.7. The summed E-state index contributed by atoms with van der Waals surface area (Å²) in [5.74, 6) is 0. The summed E-state index contributed by atoms with van der Waals surface area (Å²) in [5, 5.41) is 3.12. The minimum atomic E-state index is -0.209. The van der Waals surface area contributed by atoms with E-state index in [1.165, 1.54) is 4.90 Å². The van der Waals surface area contributed by atoms with Crippen molar-refractivity contribution in [3.05, 3.63) is 114 Å². The molecule has 0 bridgehead atoms. The van der Waals surface area contributed by atoms with Crippen LogP contribution in [0.4, 0.5) is 10.5 Å². The highest BCUT2D eigenvalue weighted by atomic mass is 32.2. The van der Waals surface area contributed by atoms with E-state index < -0.39 is 0 Å². The Hall–Kier alpha value is -3.44. The molecule has 5 heteroatoms. The molecule has 0 saturated heterocycles. The van der Waals surface area contributed by atoms with Crippen molar-refractivity contribution >= 4 is 23.5 Å². The lowest BCUT2D eigenvalue weighted by atomic mass is 10.0. The summed E-state index contributed by atoms with van der Waals surface area (Å²) in [7, 11) is 0. The standard InChI is InChI=1S/C27H25N3OS/c1-19-9-13-22(14-10-19)28-27(31)30-18-21-6-3-4-7-24(21)29-17-5-8-25(29)26(30)20-11-15-23(32-2)16-12-20/h3-17,26H,18H2,1-2H3,(H,28,31)/t26-/m1/s1. The van der Waals surface area contributed by atoms with Crippen LogP contribution in [0.25, 0.3) is 5.69 Å². The topological polar surface area (TPSA) is 37.3 Å². The van der Waals surface area contributed by atoms with Crippen molar-refractivity contribution in [2.24, 2.45) is 0 Å². The van der Waals surface area contributed by atoms with Crippen molar-refractivity contribution in [3.63, 3.8) is 0 Å². The molecule has 0 saturated carbocycles. The predicted octanol–water partition coefficient (Wildman–Crippen LogP) is 6.64. The van der Waals surface area contributed by atoms with Crippen molar-refractivity contribution in [2.75, 3.05) is 11.6 Å². The molecule has 3 aromatic carbocycles. The number of nitrogens with one attached hydrogen (secondary N) is 1. The van der Waals surface area contributed by atoms with Gasteiger partial charge in [0.2, 0.25) is 0 Å². The van der Waals surface area contributed by atoms with Crippen molar-refractivity contribution < 1.29 is 4.79 Å². The van der Waals surface area contributed by atoms with E-state index in [4.69, 9.17) is 0 Å². The van der Waals surface area contributed by atoms with Crippen LogP contribution in [0.5, 0.6) is 0 Å². The Bertz CT molecular complexity index is 1240. The van der Waals surface area contributed by atoms with Crippen LogP contribution in [0.2, 0.25) is 0 Å². The monoisotopic (exact) mass is 439 g/mol. The number of carbonyl (C=O) groups is 1. The fourth-order valence-corrected chi connectivity index (χ4v) is 4.72. The number of hydrogen-bond donors (Lipinski definition) is 1. The van der Waals surface area contributed by atoms with Crippen LogP contribution in [-0.4, -0.2) is 21.8 Å². The number of para-hydroxylation sites is 1. The molecule has 0 unspecified atom stereocenters. The number of fused-ring (bicyclic) bond motifs is 3. The van der Waals surface area contributed by atoms with Crippen LogP contribution in [0.3, 0.4) is 0 Å². The maximum Gasteiger partial charge on any atom is 0.322 e. The van der Waals surface area contributed by atoms with E-state index in [-0.39, 0.29) is 12.1 Å². The molecule has 32 heavy (non-hydrogen) atoms. The number of carbonyl (C=O) groups excluding carboxylic acids is 1. The third-order valence-electron chi connectivity index (χ3n) is 5.96. The number of thioether (sulfide) groups is 1. The van der Waals surface area contributed by atoms with E-state index in [0.29, 0.717) is 6.54 Å². The number of rotatable bonds is 3. The normalized spacial score (nSPS) is 14.9. The number of aryl methyl sites for hydroxylation is 1. The minimum Gasteiger partial charge on any atom is -0.318 e. The van der Waals surface area contributed by atoms with Crippen LogP contribution in [0.15, 0.2) is 96.0 Å². The van der Waals surface area contributed by atoms with Crippen LogP contribution >= 0.6 is 11.8 Å². The first-order valence-corrected chi connectivity index (χ1v) is 11.9. The summed E-state index contributed by atoms with van der Waals surface area (Å²) in [6.07, 6.45) is 4.16. The van der Waals surface area contributed by atoms with Crippen LogP contribution in [0, 0.1) is 6.92 Å². The lowest BCUT2D eigenvalue weighted by Crippen LogP contribution is -2.37. The maximum absolute atomic E-state index is 13.7. The highest BCUT2D eigenvalue weighted by Crippen LogP contribution is 2.37. The molecule has 1 aliphatic heterocycles. The second-order valence-corrected chi connectivity index (χ2v) is 8.91. The molecule has 0 spiro atoms. The molecular formula is C27H25N3OS. The molecule has 0 radical (unpaired) electrons. The van der Waals surface area contributed by atoms with Crippen molar-refractivity contribution in [2.45, 2.75) is 24.4 Å². The molecule has 1 atom stereocenters. The summed E-state index contributed by atoms with van der Waals surface area (Å²) in [4.78, 5) is 16.8. The summed E-state index contributed by atoms with van der Waals surface area (Å²) < 4.78 is 2.21. The van der Waals surface area contributed by atoms with Gasteiger partial charge in [0.05, 0.1) is 18.3 Å². The first-order valence-electron chi connectivity index (χ1n) is 10.7. The molecule has 5 rings (SSSR count). The lowest BCUT2D eigenvalue weighted by Gasteiger charge is -2.31. The van der Waals surface area contributed by atoms with Gasteiger partial charge in [0.15, 0.2) is 0 Å². The first kappa shape index (κ1) is 20.5. The number of hydrogen-bond acceptors (Lipinski definition) is 2. The Labute approximate surface area is 192 Å². The Morgan fingerprint density at radius 2 is 1.69 bits per heavy atom. The van der Waals surface area contributed by atoms with E-state index in [1.807, 2.05) is 48.2 Å². The number of anilines is 1. The van der Waals surface area contributed by atoms with Gasteiger partial charge in [-0.1, -0.05) is 48.0 Å². The van der Waals surface area contributed by atoms with Gasteiger partial charge in [0, 0.05) is 22.5 Å². The van der Waals surface area contributed by atoms with E-state index in [2.05, 4.69) is 70.9 Å². The second-order valence-electron chi connectivity index (χ2n) is 8.03. The van der Waals surface area contributed by atoms with Crippen LogP contribution in [0.1, 0.15) is 28.4 Å². The quantitative estimate of drug-likeness (QED) is 0.363.